The molecule has 21 heavy (non-hydrogen) atoms. The molecule has 3 atom stereocenters. The van der Waals surface area contributed by atoms with Crippen molar-refractivity contribution < 1.29 is 23.9 Å². The van der Waals surface area contributed by atoms with Crippen LogP contribution in [-0.4, -0.2) is 28.9 Å². The molecule has 0 spiro atoms. The molecule has 0 aromatic carbocycles. The maximum Gasteiger partial charge on any atom is 0.309 e. The maximum atomic E-state index is 12.0. The predicted octanol–water partition coefficient (Wildman–Crippen LogP) is 2.55. The lowest BCUT2D eigenvalue weighted by molar-refractivity contribution is -0.197. The van der Waals surface area contributed by atoms with Crippen molar-refractivity contribution in [3.63, 3.8) is 0 Å². The zero-order valence-electron chi connectivity index (χ0n) is 13.1. The van der Waals surface area contributed by atoms with Gasteiger partial charge in [0.15, 0.2) is 0 Å². The second-order valence-corrected chi connectivity index (χ2v) is 6.59. The number of hydrogen-bond donors (Lipinski definition) is 0. The summed E-state index contributed by atoms with van der Waals surface area (Å²) in [6.45, 7) is 5.60. The molecule has 0 amide bonds. The molecule has 1 saturated heterocycles. The lowest BCUT2D eigenvalue weighted by Crippen LogP contribution is -2.54. The van der Waals surface area contributed by atoms with Crippen molar-refractivity contribution >= 4 is 17.7 Å². The van der Waals surface area contributed by atoms with Gasteiger partial charge in [-0.05, 0) is 33.1 Å². The molecule has 5 heteroatoms. The standard InChI is InChI=1S/C16H24O5/c1-4-5-12(17)6-7-13(18)20-15(2)9-8-11-10-16(15,3)21-14(11)19/h11H,4-10H2,1-3H3. The Hall–Kier alpha value is -1.39. The highest BCUT2D eigenvalue weighted by molar-refractivity contribution is 5.83. The van der Waals surface area contributed by atoms with Crippen molar-refractivity contribution in [1.29, 1.82) is 0 Å². The lowest BCUT2D eigenvalue weighted by Gasteiger charge is -2.43. The van der Waals surface area contributed by atoms with Crippen LogP contribution in [0.25, 0.3) is 0 Å². The first-order valence-electron chi connectivity index (χ1n) is 7.76. The number of carbonyl (C=O) groups is 3. The number of ketones is 1. The summed E-state index contributed by atoms with van der Waals surface area (Å²) in [5, 5.41) is 0. The Morgan fingerprint density at radius 2 is 2.00 bits per heavy atom. The van der Waals surface area contributed by atoms with E-state index in [4.69, 9.17) is 9.47 Å². The van der Waals surface area contributed by atoms with Gasteiger partial charge in [0, 0.05) is 19.3 Å². The summed E-state index contributed by atoms with van der Waals surface area (Å²) in [6, 6.07) is 0. The number of fused-ring (bicyclic) bond motifs is 2. The molecule has 0 N–H and O–H groups in total. The normalized spacial score (nSPS) is 34.4. The smallest absolute Gasteiger partial charge is 0.309 e. The van der Waals surface area contributed by atoms with Gasteiger partial charge in [-0.15, -0.1) is 0 Å². The minimum Gasteiger partial charge on any atom is -0.455 e. The summed E-state index contributed by atoms with van der Waals surface area (Å²) < 4.78 is 11.1. The Morgan fingerprint density at radius 1 is 1.29 bits per heavy atom. The van der Waals surface area contributed by atoms with E-state index < -0.39 is 11.2 Å². The van der Waals surface area contributed by atoms with Gasteiger partial charge in [-0.25, -0.2) is 0 Å². The fourth-order valence-electron chi connectivity index (χ4n) is 3.26. The number of rotatable bonds is 6. The highest BCUT2D eigenvalue weighted by atomic mass is 16.6. The van der Waals surface area contributed by atoms with Crippen molar-refractivity contribution in [3.8, 4) is 0 Å². The number of ether oxygens (including phenoxy) is 2. The molecule has 0 aromatic heterocycles. The van der Waals surface area contributed by atoms with Gasteiger partial charge in [0.2, 0.25) is 0 Å². The van der Waals surface area contributed by atoms with Crippen molar-refractivity contribution in [2.24, 2.45) is 5.92 Å². The third-order valence-corrected chi connectivity index (χ3v) is 4.86. The largest absolute Gasteiger partial charge is 0.455 e. The predicted molar refractivity (Wildman–Crippen MR) is 75.5 cm³/mol. The van der Waals surface area contributed by atoms with Crippen LogP contribution < -0.4 is 0 Å². The SMILES string of the molecule is CCCC(=O)CCC(=O)OC1(C)CCC2CC1(C)OC2=O. The fourth-order valence-corrected chi connectivity index (χ4v) is 3.26. The minimum atomic E-state index is -0.791. The van der Waals surface area contributed by atoms with Gasteiger partial charge in [-0.3, -0.25) is 14.4 Å². The highest BCUT2D eigenvalue weighted by Crippen LogP contribution is 2.50. The van der Waals surface area contributed by atoms with Gasteiger partial charge in [0.05, 0.1) is 12.3 Å². The minimum absolute atomic E-state index is 0.0621. The van der Waals surface area contributed by atoms with Gasteiger partial charge < -0.3 is 9.47 Å². The van der Waals surface area contributed by atoms with Gasteiger partial charge in [0.25, 0.3) is 0 Å². The summed E-state index contributed by atoms with van der Waals surface area (Å²) in [5.74, 6) is -0.547. The topological polar surface area (TPSA) is 69.7 Å². The molecule has 1 heterocycles. The fraction of sp³-hybridized carbons (Fsp3) is 0.812. The summed E-state index contributed by atoms with van der Waals surface area (Å²) in [6.07, 6.45) is 3.53. The van der Waals surface area contributed by atoms with Crippen molar-refractivity contribution in [2.45, 2.75) is 76.9 Å². The number of Topliss-reactive ketones (excluding diaryl/α,β-unsaturated/α-hetero) is 1. The number of carbonyl (C=O) groups excluding carboxylic acids is 3. The Balaban J connectivity index is 1.93. The van der Waals surface area contributed by atoms with Gasteiger partial charge in [-0.1, -0.05) is 6.92 Å². The first kappa shape index (κ1) is 16.0. The van der Waals surface area contributed by atoms with Crippen molar-refractivity contribution in [2.75, 3.05) is 0 Å². The molecule has 1 aliphatic carbocycles. The molecule has 2 bridgehead atoms. The molecular weight excluding hydrogens is 272 g/mol. The molecular formula is C16H24O5. The molecule has 0 aromatic rings. The molecule has 2 fully saturated rings. The van der Waals surface area contributed by atoms with Crippen LogP contribution in [0.5, 0.6) is 0 Å². The number of hydrogen-bond acceptors (Lipinski definition) is 5. The van der Waals surface area contributed by atoms with Crippen molar-refractivity contribution in [3.05, 3.63) is 0 Å². The molecule has 1 saturated carbocycles. The van der Waals surface area contributed by atoms with Crippen LogP contribution >= 0.6 is 0 Å². The molecule has 2 rings (SSSR count). The Kier molecular flexibility index (Phi) is 4.40. The highest BCUT2D eigenvalue weighted by Gasteiger charge is 2.60. The second-order valence-electron chi connectivity index (χ2n) is 6.59. The first-order chi connectivity index (χ1) is 9.79. The van der Waals surface area contributed by atoms with E-state index in [-0.39, 0.29) is 36.5 Å². The molecule has 1 aliphatic heterocycles. The molecule has 118 valence electrons. The summed E-state index contributed by atoms with van der Waals surface area (Å²) in [7, 11) is 0. The van der Waals surface area contributed by atoms with Crippen LogP contribution in [0.1, 0.15) is 65.7 Å². The van der Waals surface area contributed by atoms with E-state index in [9.17, 15) is 14.4 Å². The third kappa shape index (κ3) is 3.11. The van der Waals surface area contributed by atoms with E-state index in [1.165, 1.54) is 0 Å². The first-order valence-corrected chi connectivity index (χ1v) is 7.76. The van der Waals surface area contributed by atoms with Crippen LogP contribution in [0.3, 0.4) is 0 Å². The van der Waals surface area contributed by atoms with Crippen LogP contribution in [0.2, 0.25) is 0 Å². The van der Waals surface area contributed by atoms with Gasteiger partial charge in [0.1, 0.15) is 17.0 Å². The Morgan fingerprint density at radius 3 is 2.67 bits per heavy atom. The van der Waals surface area contributed by atoms with Crippen LogP contribution in [0.15, 0.2) is 0 Å². The summed E-state index contributed by atoms with van der Waals surface area (Å²) in [5.41, 5.74) is -1.53. The van der Waals surface area contributed by atoms with Crippen LogP contribution in [-0.2, 0) is 23.9 Å². The monoisotopic (exact) mass is 296 g/mol. The van der Waals surface area contributed by atoms with E-state index in [0.29, 0.717) is 25.7 Å². The van der Waals surface area contributed by atoms with E-state index in [2.05, 4.69) is 0 Å². The van der Waals surface area contributed by atoms with E-state index in [1.54, 1.807) is 0 Å². The van der Waals surface area contributed by atoms with Crippen LogP contribution in [0.4, 0.5) is 0 Å². The molecule has 5 nitrogen and oxygen atoms in total. The average Bonchev–Trinajstić information content (AvgIpc) is 2.66. The third-order valence-electron chi connectivity index (χ3n) is 4.86. The zero-order valence-corrected chi connectivity index (χ0v) is 13.1. The van der Waals surface area contributed by atoms with E-state index >= 15 is 0 Å². The Labute approximate surface area is 125 Å². The lowest BCUT2D eigenvalue weighted by atomic mass is 9.71. The molecule has 3 unspecified atom stereocenters. The molecule has 2 aliphatic rings. The maximum absolute atomic E-state index is 12.0. The second kappa shape index (κ2) is 5.78. The zero-order chi connectivity index (χ0) is 15.7. The van der Waals surface area contributed by atoms with E-state index in [0.717, 1.165) is 6.42 Å². The summed E-state index contributed by atoms with van der Waals surface area (Å²) >= 11 is 0. The van der Waals surface area contributed by atoms with Crippen molar-refractivity contribution in [1.82, 2.24) is 0 Å². The van der Waals surface area contributed by atoms with Crippen LogP contribution in [0, 0.1) is 5.92 Å². The summed E-state index contributed by atoms with van der Waals surface area (Å²) in [4.78, 5) is 35.2. The van der Waals surface area contributed by atoms with Gasteiger partial charge >= 0.3 is 11.9 Å². The van der Waals surface area contributed by atoms with Gasteiger partial charge in [-0.2, -0.15) is 0 Å². The quantitative estimate of drug-likeness (QED) is 0.704. The van der Waals surface area contributed by atoms with E-state index in [1.807, 2.05) is 20.8 Å². The number of esters is 2. The Bertz CT molecular complexity index is 458. The average molecular weight is 296 g/mol. The molecule has 0 radical (unpaired) electrons.